The van der Waals surface area contributed by atoms with Gasteiger partial charge in [-0.2, -0.15) is 0 Å². The molecule has 0 saturated carbocycles. The van der Waals surface area contributed by atoms with Crippen LogP contribution in [0.25, 0.3) is 0 Å². The molecule has 100 valence electrons. The van der Waals surface area contributed by atoms with Gasteiger partial charge in [0.1, 0.15) is 5.82 Å². The second-order valence-corrected chi connectivity index (χ2v) is 5.08. The quantitative estimate of drug-likeness (QED) is 0.841. The molecule has 2 nitrogen and oxygen atoms in total. The van der Waals surface area contributed by atoms with Gasteiger partial charge in [-0.3, -0.25) is 4.79 Å². The van der Waals surface area contributed by atoms with Crippen LogP contribution in [0.5, 0.6) is 0 Å². The van der Waals surface area contributed by atoms with Gasteiger partial charge in [0.15, 0.2) is 5.78 Å². The van der Waals surface area contributed by atoms with Gasteiger partial charge < -0.3 is 4.98 Å². The van der Waals surface area contributed by atoms with Gasteiger partial charge in [0.2, 0.25) is 0 Å². The highest BCUT2D eigenvalue weighted by Gasteiger charge is 2.18. The smallest absolute Gasteiger partial charge is 0.183 e. The second kappa shape index (κ2) is 5.17. The van der Waals surface area contributed by atoms with E-state index in [1.165, 1.54) is 12.1 Å². The lowest BCUT2D eigenvalue weighted by atomic mass is 10.0. The van der Waals surface area contributed by atoms with Gasteiger partial charge in [-0.05, 0) is 44.0 Å². The van der Waals surface area contributed by atoms with Gasteiger partial charge in [-0.1, -0.05) is 17.7 Å². The van der Waals surface area contributed by atoms with Crippen LogP contribution in [-0.2, 0) is 6.42 Å². The Balaban J connectivity index is 2.34. The average Bonchev–Trinajstić information content (AvgIpc) is 2.62. The van der Waals surface area contributed by atoms with Gasteiger partial charge >= 0.3 is 0 Å². The Morgan fingerprint density at radius 3 is 2.47 bits per heavy atom. The summed E-state index contributed by atoms with van der Waals surface area (Å²) in [4.78, 5) is 15.3. The number of ketones is 1. The first-order chi connectivity index (χ1) is 8.91. The van der Waals surface area contributed by atoms with Crippen LogP contribution in [-0.4, -0.2) is 10.8 Å². The molecule has 1 heterocycles. The summed E-state index contributed by atoms with van der Waals surface area (Å²) in [5.74, 6) is -0.598. The normalized spacial score (nSPS) is 10.8. The Labute approximate surface area is 116 Å². The molecule has 1 aromatic carbocycles. The number of H-pyrrole nitrogens is 1. The number of aryl methyl sites for hydroxylation is 1. The topological polar surface area (TPSA) is 32.9 Å². The molecule has 0 fully saturated rings. The van der Waals surface area contributed by atoms with Crippen molar-refractivity contribution in [2.75, 3.05) is 0 Å². The lowest BCUT2D eigenvalue weighted by molar-refractivity contribution is 0.0987. The lowest BCUT2D eigenvalue weighted by Gasteiger charge is -2.05. The van der Waals surface area contributed by atoms with E-state index in [1.807, 2.05) is 20.8 Å². The largest absolute Gasteiger partial charge is 0.356 e. The molecular weight excluding hydrogens is 265 g/mol. The van der Waals surface area contributed by atoms with Crippen LogP contribution in [0.4, 0.5) is 4.39 Å². The van der Waals surface area contributed by atoms with Gasteiger partial charge in [0, 0.05) is 22.7 Å². The zero-order valence-corrected chi connectivity index (χ0v) is 11.9. The average molecular weight is 280 g/mol. The predicted molar refractivity (Wildman–Crippen MR) is 74.4 cm³/mol. The predicted octanol–water partition coefficient (Wildman–Crippen LogP) is 4.16. The highest BCUT2D eigenvalue weighted by molar-refractivity contribution is 6.31. The fourth-order valence-electron chi connectivity index (χ4n) is 2.07. The molecular formula is C15H15ClFNO. The number of hydrogen-bond donors (Lipinski definition) is 1. The van der Waals surface area contributed by atoms with Crippen molar-refractivity contribution in [3.8, 4) is 0 Å². The van der Waals surface area contributed by atoms with Crippen LogP contribution in [0.3, 0.4) is 0 Å². The zero-order valence-electron chi connectivity index (χ0n) is 11.1. The highest BCUT2D eigenvalue weighted by atomic mass is 35.5. The Morgan fingerprint density at radius 2 is 1.95 bits per heavy atom. The first-order valence-electron chi connectivity index (χ1n) is 6.03. The molecule has 0 atom stereocenters. The van der Waals surface area contributed by atoms with Crippen molar-refractivity contribution in [3.63, 3.8) is 0 Å². The van der Waals surface area contributed by atoms with Crippen molar-refractivity contribution in [3.05, 3.63) is 57.1 Å². The standard InChI is InChI=1S/C15H15ClFNO/c1-8-9(2)15(18-10(8)3)14(19)7-11-12(16)5-4-6-13(11)17/h4-6,18H,7H2,1-3H3. The molecule has 0 saturated heterocycles. The lowest BCUT2D eigenvalue weighted by Crippen LogP contribution is -2.08. The molecule has 2 aromatic rings. The van der Waals surface area contributed by atoms with E-state index in [4.69, 9.17) is 11.6 Å². The van der Waals surface area contributed by atoms with Crippen LogP contribution >= 0.6 is 11.6 Å². The summed E-state index contributed by atoms with van der Waals surface area (Å²) in [7, 11) is 0. The number of halogens is 2. The summed E-state index contributed by atoms with van der Waals surface area (Å²) < 4.78 is 13.7. The Hall–Kier alpha value is -1.61. The monoisotopic (exact) mass is 279 g/mol. The third-order valence-electron chi connectivity index (χ3n) is 3.49. The van der Waals surface area contributed by atoms with E-state index in [0.29, 0.717) is 5.69 Å². The van der Waals surface area contributed by atoms with Crippen molar-refractivity contribution in [1.29, 1.82) is 0 Å². The third-order valence-corrected chi connectivity index (χ3v) is 3.84. The summed E-state index contributed by atoms with van der Waals surface area (Å²) in [6, 6.07) is 4.43. The van der Waals surface area contributed by atoms with Crippen LogP contribution in [0.1, 0.15) is 32.9 Å². The number of nitrogens with one attached hydrogen (secondary N) is 1. The van der Waals surface area contributed by atoms with Crippen LogP contribution in [0, 0.1) is 26.6 Å². The van der Waals surface area contributed by atoms with Gasteiger partial charge in [-0.25, -0.2) is 4.39 Å². The third kappa shape index (κ3) is 2.56. The molecule has 0 unspecified atom stereocenters. The maximum atomic E-state index is 13.7. The molecule has 0 radical (unpaired) electrons. The van der Waals surface area contributed by atoms with Crippen molar-refractivity contribution in [2.45, 2.75) is 27.2 Å². The minimum absolute atomic E-state index is 0.0360. The van der Waals surface area contributed by atoms with Gasteiger partial charge in [0.05, 0.1) is 5.69 Å². The fourth-order valence-corrected chi connectivity index (χ4v) is 2.30. The molecule has 0 aliphatic heterocycles. The summed E-state index contributed by atoms with van der Waals surface area (Å²) in [6.07, 6.45) is -0.0360. The van der Waals surface area contributed by atoms with Crippen LogP contribution in [0.15, 0.2) is 18.2 Å². The van der Waals surface area contributed by atoms with Crippen molar-refractivity contribution >= 4 is 17.4 Å². The number of benzene rings is 1. The molecule has 0 amide bonds. The van der Waals surface area contributed by atoms with Crippen molar-refractivity contribution in [2.24, 2.45) is 0 Å². The van der Waals surface area contributed by atoms with E-state index in [9.17, 15) is 9.18 Å². The molecule has 19 heavy (non-hydrogen) atoms. The first kappa shape index (κ1) is 13.8. The Kier molecular flexibility index (Phi) is 3.76. The second-order valence-electron chi connectivity index (χ2n) is 4.68. The van der Waals surface area contributed by atoms with Crippen molar-refractivity contribution in [1.82, 2.24) is 4.98 Å². The van der Waals surface area contributed by atoms with E-state index in [-0.39, 0.29) is 22.8 Å². The fraction of sp³-hybridized carbons (Fsp3) is 0.267. The SMILES string of the molecule is Cc1[nH]c(C(=O)Cc2c(F)cccc2Cl)c(C)c1C. The number of carbonyl (C=O) groups is 1. The molecule has 1 aromatic heterocycles. The Bertz CT molecular complexity index is 626. The maximum Gasteiger partial charge on any atom is 0.183 e. The molecule has 0 spiro atoms. The number of rotatable bonds is 3. The van der Waals surface area contributed by atoms with Crippen molar-refractivity contribution < 1.29 is 9.18 Å². The molecule has 0 bridgehead atoms. The summed E-state index contributed by atoms with van der Waals surface area (Å²) in [5.41, 5.74) is 3.71. The molecule has 0 aliphatic rings. The van der Waals surface area contributed by atoms with Gasteiger partial charge in [0.25, 0.3) is 0 Å². The maximum absolute atomic E-state index is 13.7. The summed E-state index contributed by atoms with van der Waals surface area (Å²) >= 11 is 5.93. The number of aromatic amines is 1. The number of hydrogen-bond acceptors (Lipinski definition) is 1. The summed E-state index contributed by atoms with van der Waals surface area (Å²) in [6.45, 7) is 5.75. The van der Waals surface area contributed by atoms with E-state index >= 15 is 0 Å². The number of aromatic nitrogens is 1. The summed E-state index contributed by atoms with van der Waals surface area (Å²) in [5, 5.41) is 0.283. The molecule has 4 heteroatoms. The minimum atomic E-state index is -0.446. The Morgan fingerprint density at radius 1 is 1.26 bits per heavy atom. The molecule has 0 aliphatic carbocycles. The zero-order chi connectivity index (χ0) is 14.2. The number of carbonyl (C=O) groups excluding carboxylic acids is 1. The first-order valence-corrected chi connectivity index (χ1v) is 6.41. The molecule has 2 rings (SSSR count). The van der Waals surface area contributed by atoms with E-state index in [0.717, 1.165) is 16.8 Å². The van der Waals surface area contributed by atoms with E-state index < -0.39 is 5.82 Å². The van der Waals surface area contributed by atoms with Crippen LogP contribution < -0.4 is 0 Å². The van der Waals surface area contributed by atoms with Crippen LogP contribution in [0.2, 0.25) is 5.02 Å². The van der Waals surface area contributed by atoms with E-state index in [1.54, 1.807) is 6.07 Å². The number of Topliss-reactive ketones (excluding diaryl/α,β-unsaturated/α-hetero) is 1. The minimum Gasteiger partial charge on any atom is -0.356 e. The molecule has 1 N–H and O–H groups in total. The van der Waals surface area contributed by atoms with Gasteiger partial charge in [-0.15, -0.1) is 0 Å². The highest BCUT2D eigenvalue weighted by Crippen LogP contribution is 2.23. The van der Waals surface area contributed by atoms with E-state index in [2.05, 4.69) is 4.98 Å².